The second-order valence-corrected chi connectivity index (χ2v) is 7.63. The van der Waals surface area contributed by atoms with Crippen LogP contribution in [0.3, 0.4) is 0 Å². The van der Waals surface area contributed by atoms with Crippen LogP contribution in [0.2, 0.25) is 0 Å². The standard InChI is InChI=1S/C19H20N4O2S/c1-13(24)16-9-14(12-26-16)10-18(25)22-7-4-5-15(11-22)19-21-20-17-6-2-3-8-23(17)19/h2-3,6,8-9,12,15H,4-5,7,10-11H2,1H3/t15-/m0/s1. The molecule has 1 amide bonds. The molecule has 1 aliphatic heterocycles. The Morgan fingerprint density at radius 3 is 3.00 bits per heavy atom. The molecule has 26 heavy (non-hydrogen) atoms. The highest BCUT2D eigenvalue weighted by Gasteiger charge is 2.28. The number of amides is 1. The van der Waals surface area contributed by atoms with Crippen molar-refractivity contribution in [1.82, 2.24) is 19.5 Å². The van der Waals surface area contributed by atoms with Gasteiger partial charge in [-0.1, -0.05) is 6.07 Å². The fourth-order valence-electron chi connectivity index (χ4n) is 3.49. The number of ketones is 1. The van der Waals surface area contributed by atoms with Gasteiger partial charge in [0, 0.05) is 25.2 Å². The van der Waals surface area contributed by atoms with Crippen molar-refractivity contribution in [3.63, 3.8) is 0 Å². The van der Waals surface area contributed by atoms with E-state index in [9.17, 15) is 9.59 Å². The molecule has 4 heterocycles. The van der Waals surface area contributed by atoms with E-state index in [1.807, 2.05) is 45.1 Å². The zero-order valence-corrected chi connectivity index (χ0v) is 15.4. The largest absolute Gasteiger partial charge is 0.342 e. The van der Waals surface area contributed by atoms with Gasteiger partial charge in [0.1, 0.15) is 5.82 Å². The molecule has 3 aromatic heterocycles. The van der Waals surface area contributed by atoms with E-state index < -0.39 is 0 Å². The summed E-state index contributed by atoms with van der Waals surface area (Å²) < 4.78 is 2.01. The van der Waals surface area contributed by atoms with Crippen molar-refractivity contribution in [3.8, 4) is 0 Å². The lowest BCUT2D eigenvalue weighted by atomic mass is 9.96. The molecule has 6 nitrogen and oxygen atoms in total. The van der Waals surface area contributed by atoms with Gasteiger partial charge in [0.15, 0.2) is 11.4 Å². The molecule has 4 rings (SSSR count). The van der Waals surface area contributed by atoms with E-state index in [2.05, 4.69) is 10.2 Å². The number of pyridine rings is 1. The highest BCUT2D eigenvalue weighted by atomic mass is 32.1. The normalized spacial score (nSPS) is 17.6. The average Bonchev–Trinajstić information content (AvgIpc) is 3.29. The van der Waals surface area contributed by atoms with Gasteiger partial charge in [0.25, 0.3) is 0 Å². The number of aromatic nitrogens is 3. The second-order valence-electron chi connectivity index (χ2n) is 6.72. The molecule has 0 spiro atoms. The summed E-state index contributed by atoms with van der Waals surface area (Å²) in [5.41, 5.74) is 1.75. The predicted octanol–water partition coefficient (Wildman–Crippen LogP) is 2.94. The fraction of sp³-hybridized carbons (Fsp3) is 0.368. The second kappa shape index (κ2) is 6.99. The van der Waals surface area contributed by atoms with Crippen molar-refractivity contribution in [2.75, 3.05) is 13.1 Å². The summed E-state index contributed by atoms with van der Waals surface area (Å²) in [6.07, 6.45) is 4.28. The van der Waals surface area contributed by atoms with Gasteiger partial charge in [0.05, 0.1) is 11.3 Å². The van der Waals surface area contributed by atoms with Crippen molar-refractivity contribution >= 4 is 28.7 Å². The van der Waals surface area contributed by atoms with Gasteiger partial charge >= 0.3 is 0 Å². The van der Waals surface area contributed by atoms with Crippen molar-refractivity contribution in [3.05, 3.63) is 52.1 Å². The third kappa shape index (κ3) is 3.26. The van der Waals surface area contributed by atoms with Crippen LogP contribution in [0, 0.1) is 0 Å². The zero-order valence-electron chi connectivity index (χ0n) is 14.6. The molecule has 0 aromatic carbocycles. The maximum atomic E-state index is 12.7. The van der Waals surface area contributed by atoms with Crippen LogP contribution in [-0.2, 0) is 11.2 Å². The maximum absolute atomic E-state index is 12.7. The van der Waals surface area contributed by atoms with Crippen LogP contribution >= 0.6 is 11.3 Å². The van der Waals surface area contributed by atoms with Gasteiger partial charge in [0.2, 0.25) is 5.91 Å². The Kier molecular flexibility index (Phi) is 4.55. The van der Waals surface area contributed by atoms with Crippen LogP contribution in [0.25, 0.3) is 5.65 Å². The van der Waals surface area contributed by atoms with E-state index in [0.717, 1.165) is 36.4 Å². The third-order valence-corrected chi connectivity index (χ3v) is 5.92. The van der Waals surface area contributed by atoms with Crippen molar-refractivity contribution in [2.24, 2.45) is 0 Å². The lowest BCUT2D eigenvalue weighted by Gasteiger charge is -2.32. The summed E-state index contributed by atoms with van der Waals surface area (Å²) in [6, 6.07) is 7.68. The topological polar surface area (TPSA) is 67.6 Å². The Hall–Kier alpha value is -2.54. The Morgan fingerprint density at radius 1 is 1.31 bits per heavy atom. The first-order valence-corrected chi connectivity index (χ1v) is 9.65. The van der Waals surface area contributed by atoms with E-state index in [-0.39, 0.29) is 17.6 Å². The first-order chi connectivity index (χ1) is 12.6. The van der Waals surface area contributed by atoms with E-state index in [0.29, 0.717) is 17.8 Å². The maximum Gasteiger partial charge on any atom is 0.227 e. The molecule has 0 bridgehead atoms. The molecule has 0 N–H and O–H groups in total. The molecular formula is C19H20N4O2S. The Labute approximate surface area is 155 Å². The van der Waals surface area contributed by atoms with E-state index >= 15 is 0 Å². The Balaban J connectivity index is 1.47. The number of carbonyl (C=O) groups is 2. The predicted molar refractivity (Wildman–Crippen MR) is 99.6 cm³/mol. The highest BCUT2D eigenvalue weighted by molar-refractivity contribution is 7.12. The summed E-state index contributed by atoms with van der Waals surface area (Å²) in [6.45, 7) is 2.99. The summed E-state index contributed by atoms with van der Waals surface area (Å²) >= 11 is 1.40. The van der Waals surface area contributed by atoms with Crippen LogP contribution in [0.5, 0.6) is 0 Å². The number of rotatable bonds is 4. The summed E-state index contributed by atoms with van der Waals surface area (Å²) in [7, 11) is 0. The van der Waals surface area contributed by atoms with E-state index in [1.165, 1.54) is 11.3 Å². The number of hydrogen-bond acceptors (Lipinski definition) is 5. The highest BCUT2D eigenvalue weighted by Crippen LogP contribution is 2.27. The molecule has 134 valence electrons. The van der Waals surface area contributed by atoms with Crippen molar-refractivity contribution in [2.45, 2.75) is 32.1 Å². The molecule has 1 saturated heterocycles. The van der Waals surface area contributed by atoms with Crippen molar-refractivity contribution < 1.29 is 9.59 Å². The van der Waals surface area contributed by atoms with Crippen LogP contribution < -0.4 is 0 Å². The summed E-state index contributed by atoms with van der Waals surface area (Å²) in [4.78, 5) is 26.8. The molecule has 7 heteroatoms. The number of likely N-dealkylation sites (tertiary alicyclic amines) is 1. The minimum absolute atomic E-state index is 0.0467. The quantitative estimate of drug-likeness (QED) is 0.664. The van der Waals surface area contributed by atoms with E-state index in [1.54, 1.807) is 6.92 Å². The van der Waals surface area contributed by atoms with Crippen LogP contribution in [-0.4, -0.2) is 44.3 Å². The first kappa shape index (κ1) is 16.9. The zero-order chi connectivity index (χ0) is 18.1. The van der Waals surface area contributed by atoms with Gasteiger partial charge in [-0.25, -0.2) is 0 Å². The number of fused-ring (bicyclic) bond motifs is 1. The van der Waals surface area contributed by atoms with Gasteiger partial charge < -0.3 is 4.90 Å². The SMILES string of the molecule is CC(=O)c1cc(CC(=O)N2CCC[C@H](c3nnc4ccccn34)C2)cs1. The molecule has 1 aliphatic rings. The van der Waals surface area contributed by atoms with Gasteiger partial charge in [-0.15, -0.1) is 21.5 Å². The molecule has 3 aromatic rings. The number of nitrogens with zero attached hydrogens (tertiary/aromatic N) is 4. The number of piperidine rings is 1. The van der Waals surface area contributed by atoms with Crippen LogP contribution in [0.4, 0.5) is 0 Å². The minimum Gasteiger partial charge on any atom is -0.342 e. The number of hydrogen-bond donors (Lipinski definition) is 0. The van der Waals surface area contributed by atoms with Crippen LogP contribution in [0.15, 0.2) is 35.8 Å². The first-order valence-electron chi connectivity index (χ1n) is 8.77. The lowest BCUT2D eigenvalue weighted by Crippen LogP contribution is -2.40. The number of carbonyl (C=O) groups excluding carboxylic acids is 2. The smallest absolute Gasteiger partial charge is 0.227 e. The van der Waals surface area contributed by atoms with Crippen LogP contribution in [0.1, 0.15) is 46.7 Å². The Morgan fingerprint density at radius 2 is 2.19 bits per heavy atom. The molecular weight excluding hydrogens is 348 g/mol. The molecule has 0 unspecified atom stereocenters. The molecule has 1 fully saturated rings. The minimum atomic E-state index is 0.0467. The van der Waals surface area contributed by atoms with Gasteiger partial charge in [-0.2, -0.15) is 0 Å². The van der Waals surface area contributed by atoms with Gasteiger partial charge in [-0.3, -0.25) is 14.0 Å². The number of thiophene rings is 1. The molecule has 0 aliphatic carbocycles. The molecule has 1 atom stereocenters. The summed E-state index contributed by atoms with van der Waals surface area (Å²) in [5.74, 6) is 1.27. The Bertz CT molecular complexity index is 961. The average molecular weight is 368 g/mol. The number of Topliss-reactive ketones (excluding diaryl/α,β-unsaturated/α-hetero) is 1. The molecule has 0 saturated carbocycles. The fourth-order valence-corrected chi connectivity index (χ4v) is 4.31. The summed E-state index contributed by atoms with van der Waals surface area (Å²) in [5, 5.41) is 10.5. The van der Waals surface area contributed by atoms with Crippen molar-refractivity contribution in [1.29, 1.82) is 0 Å². The third-order valence-electron chi connectivity index (χ3n) is 4.84. The van der Waals surface area contributed by atoms with E-state index in [4.69, 9.17) is 0 Å². The molecule has 0 radical (unpaired) electrons. The monoisotopic (exact) mass is 368 g/mol. The van der Waals surface area contributed by atoms with Gasteiger partial charge in [-0.05, 0) is 48.9 Å². The lowest BCUT2D eigenvalue weighted by molar-refractivity contribution is -0.131.